The van der Waals surface area contributed by atoms with Gasteiger partial charge < -0.3 is 16.0 Å². The molecular weight excluding hydrogens is 327 g/mol. The SMILES string of the molecule is NC1=C[C@H](CN(Cc2ccccc2)c2ccc(C(F)(F)F)cc2)CN1. The summed E-state index contributed by atoms with van der Waals surface area (Å²) < 4.78 is 38.4. The topological polar surface area (TPSA) is 41.3 Å². The monoisotopic (exact) mass is 347 g/mol. The predicted octanol–water partition coefficient (Wildman–Crippen LogP) is 3.73. The van der Waals surface area contributed by atoms with E-state index in [9.17, 15) is 13.2 Å². The zero-order valence-electron chi connectivity index (χ0n) is 13.6. The van der Waals surface area contributed by atoms with Crippen molar-refractivity contribution in [3.8, 4) is 0 Å². The second-order valence-corrected chi connectivity index (χ2v) is 6.17. The van der Waals surface area contributed by atoms with E-state index in [0.29, 0.717) is 18.9 Å². The molecule has 3 nitrogen and oxygen atoms in total. The molecule has 1 heterocycles. The van der Waals surface area contributed by atoms with Crippen molar-refractivity contribution in [1.29, 1.82) is 0 Å². The summed E-state index contributed by atoms with van der Waals surface area (Å²) in [4.78, 5) is 2.08. The summed E-state index contributed by atoms with van der Waals surface area (Å²) in [5.74, 6) is 0.864. The van der Waals surface area contributed by atoms with Crippen LogP contribution in [0.25, 0.3) is 0 Å². The second-order valence-electron chi connectivity index (χ2n) is 6.17. The predicted molar refractivity (Wildman–Crippen MR) is 92.7 cm³/mol. The van der Waals surface area contributed by atoms with Gasteiger partial charge in [0.1, 0.15) is 0 Å². The molecule has 0 amide bonds. The lowest BCUT2D eigenvalue weighted by Crippen LogP contribution is -2.30. The minimum absolute atomic E-state index is 0.214. The minimum Gasteiger partial charge on any atom is -0.386 e. The van der Waals surface area contributed by atoms with Crippen LogP contribution in [0.5, 0.6) is 0 Å². The third-order valence-corrected chi connectivity index (χ3v) is 4.21. The largest absolute Gasteiger partial charge is 0.416 e. The summed E-state index contributed by atoms with van der Waals surface area (Å²) in [6, 6.07) is 15.2. The minimum atomic E-state index is -4.32. The molecule has 2 aromatic rings. The smallest absolute Gasteiger partial charge is 0.386 e. The summed E-state index contributed by atoms with van der Waals surface area (Å²) in [6.07, 6.45) is -2.36. The summed E-state index contributed by atoms with van der Waals surface area (Å²) in [7, 11) is 0. The van der Waals surface area contributed by atoms with Crippen molar-refractivity contribution in [3.63, 3.8) is 0 Å². The van der Waals surface area contributed by atoms with Gasteiger partial charge in [-0.15, -0.1) is 0 Å². The number of hydrogen-bond acceptors (Lipinski definition) is 3. The van der Waals surface area contributed by atoms with Crippen molar-refractivity contribution in [2.24, 2.45) is 11.7 Å². The van der Waals surface area contributed by atoms with Gasteiger partial charge in [0, 0.05) is 31.2 Å². The molecular formula is C19H20F3N3. The number of nitrogens with zero attached hydrogens (tertiary/aromatic N) is 1. The van der Waals surface area contributed by atoms with Crippen LogP contribution in [0.2, 0.25) is 0 Å². The van der Waals surface area contributed by atoms with Crippen molar-refractivity contribution < 1.29 is 13.2 Å². The summed E-state index contributed by atoms with van der Waals surface area (Å²) in [5.41, 5.74) is 6.99. The Labute approximate surface area is 144 Å². The van der Waals surface area contributed by atoms with Gasteiger partial charge in [0.15, 0.2) is 0 Å². The van der Waals surface area contributed by atoms with Gasteiger partial charge in [-0.25, -0.2) is 0 Å². The molecule has 0 unspecified atom stereocenters. The number of nitrogens with one attached hydrogen (secondary N) is 1. The number of hydrogen-bond donors (Lipinski definition) is 2. The highest BCUT2D eigenvalue weighted by molar-refractivity contribution is 5.49. The van der Waals surface area contributed by atoms with E-state index in [1.54, 1.807) is 0 Å². The Morgan fingerprint density at radius 1 is 1.04 bits per heavy atom. The third-order valence-electron chi connectivity index (χ3n) is 4.21. The van der Waals surface area contributed by atoms with Crippen molar-refractivity contribution in [3.05, 3.63) is 77.6 Å². The fraction of sp³-hybridized carbons (Fsp3) is 0.263. The van der Waals surface area contributed by atoms with Gasteiger partial charge in [0.25, 0.3) is 0 Å². The van der Waals surface area contributed by atoms with E-state index in [1.807, 2.05) is 36.4 Å². The molecule has 0 saturated heterocycles. The Balaban J connectivity index is 1.82. The molecule has 132 valence electrons. The molecule has 1 atom stereocenters. The molecule has 1 aliphatic heterocycles. The molecule has 2 aromatic carbocycles. The van der Waals surface area contributed by atoms with Crippen LogP contribution in [0.3, 0.4) is 0 Å². The van der Waals surface area contributed by atoms with E-state index in [1.165, 1.54) is 12.1 Å². The van der Waals surface area contributed by atoms with Crippen LogP contribution in [-0.4, -0.2) is 13.1 Å². The molecule has 3 N–H and O–H groups in total. The number of nitrogens with two attached hydrogens (primary N) is 1. The first-order valence-electron chi connectivity index (χ1n) is 8.09. The number of alkyl halides is 3. The lowest BCUT2D eigenvalue weighted by molar-refractivity contribution is -0.137. The quantitative estimate of drug-likeness (QED) is 0.866. The first kappa shape index (κ1) is 17.2. The molecule has 25 heavy (non-hydrogen) atoms. The Morgan fingerprint density at radius 3 is 2.28 bits per heavy atom. The summed E-state index contributed by atoms with van der Waals surface area (Å²) in [5, 5.41) is 3.08. The molecule has 3 rings (SSSR count). The second kappa shape index (κ2) is 7.09. The zero-order chi connectivity index (χ0) is 17.9. The van der Waals surface area contributed by atoms with Gasteiger partial charge in [0.05, 0.1) is 11.4 Å². The lowest BCUT2D eigenvalue weighted by atomic mass is 10.1. The standard InChI is InChI=1S/C19H20F3N3/c20-19(21,22)16-6-8-17(9-7-16)25(12-14-4-2-1-3-5-14)13-15-10-18(23)24-11-15/h1-10,15,24H,11-13,23H2/t15-/m0/s1. The Kier molecular flexibility index (Phi) is 4.88. The zero-order valence-corrected chi connectivity index (χ0v) is 13.6. The Morgan fingerprint density at radius 2 is 1.72 bits per heavy atom. The Hall–Kier alpha value is -2.63. The molecule has 0 saturated carbocycles. The van der Waals surface area contributed by atoms with E-state index in [-0.39, 0.29) is 5.92 Å². The molecule has 6 heteroatoms. The van der Waals surface area contributed by atoms with Crippen LogP contribution in [0.4, 0.5) is 18.9 Å². The summed E-state index contributed by atoms with van der Waals surface area (Å²) >= 11 is 0. The van der Waals surface area contributed by atoms with E-state index in [0.717, 1.165) is 29.9 Å². The van der Waals surface area contributed by atoms with Gasteiger partial charge in [-0.05, 0) is 35.9 Å². The van der Waals surface area contributed by atoms with E-state index >= 15 is 0 Å². The molecule has 0 aliphatic carbocycles. The first-order valence-corrected chi connectivity index (χ1v) is 8.09. The van der Waals surface area contributed by atoms with Gasteiger partial charge in [0.2, 0.25) is 0 Å². The van der Waals surface area contributed by atoms with Crippen molar-refractivity contribution in [2.45, 2.75) is 12.7 Å². The van der Waals surface area contributed by atoms with Crippen LogP contribution < -0.4 is 16.0 Å². The molecule has 0 bridgehead atoms. The van der Waals surface area contributed by atoms with Crippen molar-refractivity contribution in [1.82, 2.24) is 5.32 Å². The van der Waals surface area contributed by atoms with Gasteiger partial charge >= 0.3 is 6.18 Å². The van der Waals surface area contributed by atoms with E-state index < -0.39 is 11.7 Å². The van der Waals surface area contributed by atoms with Crippen molar-refractivity contribution >= 4 is 5.69 Å². The maximum atomic E-state index is 12.8. The van der Waals surface area contributed by atoms with Gasteiger partial charge in [-0.3, -0.25) is 0 Å². The molecule has 0 fully saturated rings. The first-order chi connectivity index (χ1) is 11.9. The maximum Gasteiger partial charge on any atom is 0.416 e. The van der Waals surface area contributed by atoms with Crippen LogP contribution >= 0.6 is 0 Å². The van der Waals surface area contributed by atoms with Crippen molar-refractivity contribution in [2.75, 3.05) is 18.0 Å². The van der Waals surface area contributed by atoms with E-state index in [2.05, 4.69) is 10.2 Å². The van der Waals surface area contributed by atoms with Crippen LogP contribution in [-0.2, 0) is 12.7 Å². The van der Waals surface area contributed by atoms with Crippen LogP contribution in [0, 0.1) is 5.92 Å². The number of rotatable bonds is 5. The fourth-order valence-corrected chi connectivity index (χ4v) is 2.95. The lowest BCUT2D eigenvalue weighted by Gasteiger charge is -2.27. The fourth-order valence-electron chi connectivity index (χ4n) is 2.95. The summed E-state index contributed by atoms with van der Waals surface area (Å²) in [6.45, 7) is 2.03. The van der Waals surface area contributed by atoms with Gasteiger partial charge in [-0.2, -0.15) is 13.2 Å². The average Bonchev–Trinajstić information content (AvgIpc) is 3.00. The molecule has 0 spiro atoms. The number of halogens is 3. The third kappa shape index (κ3) is 4.47. The maximum absolute atomic E-state index is 12.8. The van der Waals surface area contributed by atoms with E-state index in [4.69, 9.17) is 5.73 Å². The molecule has 0 aromatic heterocycles. The van der Waals surface area contributed by atoms with Crippen LogP contribution in [0.15, 0.2) is 66.5 Å². The Bertz CT molecular complexity index is 724. The highest BCUT2D eigenvalue weighted by atomic mass is 19.4. The highest BCUT2D eigenvalue weighted by Crippen LogP contribution is 2.31. The highest BCUT2D eigenvalue weighted by Gasteiger charge is 2.30. The molecule has 0 radical (unpaired) electrons. The molecule has 1 aliphatic rings. The van der Waals surface area contributed by atoms with Crippen LogP contribution in [0.1, 0.15) is 11.1 Å². The average molecular weight is 347 g/mol. The number of benzene rings is 2. The number of anilines is 1. The van der Waals surface area contributed by atoms with Gasteiger partial charge in [-0.1, -0.05) is 30.3 Å². The normalized spacial score (nSPS) is 17.1.